The predicted octanol–water partition coefficient (Wildman–Crippen LogP) is 1.34. The van der Waals surface area contributed by atoms with Crippen molar-refractivity contribution in [3.05, 3.63) is 35.4 Å². The molecule has 1 fully saturated rings. The summed E-state index contributed by atoms with van der Waals surface area (Å²) in [6.07, 6.45) is -1.87. The molecule has 1 amide bonds. The predicted molar refractivity (Wildman–Crippen MR) is 91.5 cm³/mol. The number of ether oxygens (including phenoxy) is 3. The summed E-state index contributed by atoms with van der Waals surface area (Å²) in [6.45, 7) is 6.23. The minimum absolute atomic E-state index is 0.0681. The number of benzene rings is 1. The molecular formula is C19H23NO6. The Morgan fingerprint density at radius 2 is 1.85 bits per heavy atom. The van der Waals surface area contributed by atoms with Gasteiger partial charge >= 0.3 is 11.9 Å². The molecule has 0 aliphatic carbocycles. The molecule has 140 valence electrons. The number of esters is 2. The largest absolute Gasteiger partial charge is 0.450 e. The minimum atomic E-state index is -1.03. The molecule has 7 nitrogen and oxygen atoms in total. The number of carbonyl (C=O) groups excluding carboxylic acids is 3. The van der Waals surface area contributed by atoms with Gasteiger partial charge < -0.3 is 19.1 Å². The number of fused-ring (bicyclic) bond motifs is 1. The summed E-state index contributed by atoms with van der Waals surface area (Å²) in [7, 11) is 0. The first-order valence-electron chi connectivity index (χ1n) is 8.78. The van der Waals surface area contributed by atoms with E-state index in [1.807, 2.05) is 13.8 Å². The van der Waals surface area contributed by atoms with E-state index >= 15 is 0 Å². The van der Waals surface area contributed by atoms with E-state index < -0.39 is 24.1 Å². The molecule has 4 unspecified atom stereocenters. The summed E-state index contributed by atoms with van der Waals surface area (Å²) >= 11 is 0. The van der Waals surface area contributed by atoms with Gasteiger partial charge in [-0.1, -0.05) is 18.2 Å². The molecule has 1 saturated heterocycles. The molecule has 4 atom stereocenters. The van der Waals surface area contributed by atoms with Gasteiger partial charge in [0.2, 0.25) is 6.10 Å². The molecule has 26 heavy (non-hydrogen) atoms. The lowest BCUT2D eigenvalue weighted by atomic mass is 9.99. The van der Waals surface area contributed by atoms with E-state index in [0.717, 1.165) is 5.56 Å². The fourth-order valence-corrected chi connectivity index (χ4v) is 3.38. The number of rotatable bonds is 3. The Bertz CT molecular complexity index is 708. The SMILES string of the molecule is CC1CN(C(=O)C(C)OC(=O)C2Cc3ccccc3C(=O)O2)CC(C)O1. The van der Waals surface area contributed by atoms with Crippen LogP contribution in [0.4, 0.5) is 0 Å². The number of carbonyl (C=O) groups is 3. The van der Waals surface area contributed by atoms with Gasteiger partial charge in [-0.25, -0.2) is 9.59 Å². The fourth-order valence-electron chi connectivity index (χ4n) is 3.38. The first-order valence-corrected chi connectivity index (χ1v) is 8.78. The van der Waals surface area contributed by atoms with Crippen LogP contribution in [0.25, 0.3) is 0 Å². The molecule has 2 heterocycles. The molecule has 3 rings (SSSR count). The summed E-state index contributed by atoms with van der Waals surface area (Å²) in [5.74, 6) is -1.53. The van der Waals surface area contributed by atoms with Crippen molar-refractivity contribution in [3.8, 4) is 0 Å². The zero-order valence-electron chi connectivity index (χ0n) is 15.1. The molecular weight excluding hydrogens is 338 g/mol. The summed E-state index contributed by atoms with van der Waals surface area (Å²) in [5.41, 5.74) is 1.19. The van der Waals surface area contributed by atoms with Crippen LogP contribution in [0.15, 0.2) is 24.3 Å². The standard InChI is InChI=1S/C19H23NO6/c1-11-9-20(10-12(2)24-11)17(21)13(3)25-19(23)16-8-14-6-4-5-7-15(14)18(22)26-16/h4-7,11-13,16H,8-10H2,1-3H3. The lowest BCUT2D eigenvalue weighted by molar-refractivity contribution is -0.170. The van der Waals surface area contributed by atoms with E-state index in [9.17, 15) is 14.4 Å². The van der Waals surface area contributed by atoms with E-state index in [4.69, 9.17) is 14.2 Å². The third-order valence-electron chi connectivity index (χ3n) is 4.53. The van der Waals surface area contributed by atoms with Crippen LogP contribution in [0.2, 0.25) is 0 Å². The van der Waals surface area contributed by atoms with Gasteiger partial charge in [-0.05, 0) is 32.4 Å². The molecule has 1 aromatic rings. The van der Waals surface area contributed by atoms with Crippen molar-refractivity contribution in [2.75, 3.05) is 13.1 Å². The monoisotopic (exact) mass is 361 g/mol. The van der Waals surface area contributed by atoms with Gasteiger partial charge in [-0.3, -0.25) is 4.79 Å². The second kappa shape index (κ2) is 7.45. The van der Waals surface area contributed by atoms with Crippen molar-refractivity contribution in [3.63, 3.8) is 0 Å². The van der Waals surface area contributed by atoms with Crippen molar-refractivity contribution >= 4 is 17.8 Å². The third kappa shape index (κ3) is 3.88. The number of hydrogen-bond acceptors (Lipinski definition) is 6. The van der Waals surface area contributed by atoms with Crippen LogP contribution in [0.1, 0.15) is 36.7 Å². The van der Waals surface area contributed by atoms with E-state index in [-0.39, 0.29) is 24.5 Å². The van der Waals surface area contributed by atoms with Crippen LogP contribution >= 0.6 is 0 Å². The first-order chi connectivity index (χ1) is 12.3. The maximum atomic E-state index is 12.6. The second-order valence-corrected chi connectivity index (χ2v) is 6.83. The minimum Gasteiger partial charge on any atom is -0.450 e. The normalized spacial score (nSPS) is 26.5. The van der Waals surface area contributed by atoms with Gasteiger partial charge in [0.15, 0.2) is 6.10 Å². The molecule has 7 heteroatoms. The van der Waals surface area contributed by atoms with Crippen molar-refractivity contribution in [1.29, 1.82) is 0 Å². The average molecular weight is 361 g/mol. The zero-order valence-corrected chi connectivity index (χ0v) is 15.1. The van der Waals surface area contributed by atoms with E-state index in [0.29, 0.717) is 18.7 Å². The van der Waals surface area contributed by atoms with E-state index in [2.05, 4.69) is 0 Å². The summed E-state index contributed by atoms with van der Waals surface area (Å²) in [4.78, 5) is 38.6. The highest BCUT2D eigenvalue weighted by Gasteiger charge is 2.35. The first kappa shape index (κ1) is 18.4. The van der Waals surface area contributed by atoms with Crippen LogP contribution in [0.5, 0.6) is 0 Å². The Labute approximate surface area is 152 Å². The molecule has 0 aromatic heterocycles. The van der Waals surface area contributed by atoms with Gasteiger partial charge in [-0.15, -0.1) is 0 Å². The lowest BCUT2D eigenvalue weighted by Crippen LogP contribution is -2.52. The molecule has 0 spiro atoms. The highest BCUT2D eigenvalue weighted by molar-refractivity contribution is 5.95. The summed E-state index contributed by atoms with van der Waals surface area (Å²) in [6, 6.07) is 6.98. The maximum Gasteiger partial charge on any atom is 0.348 e. The second-order valence-electron chi connectivity index (χ2n) is 6.83. The number of amides is 1. The number of cyclic esters (lactones) is 1. The number of hydrogen-bond donors (Lipinski definition) is 0. The van der Waals surface area contributed by atoms with Gasteiger partial charge in [0.05, 0.1) is 17.8 Å². The van der Waals surface area contributed by atoms with E-state index in [1.165, 1.54) is 6.92 Å². The Morgan fingerprint density at radius 3 is 2.54 bits per heavy atom. The van der Waals surface area contributed by atoms with Crippen molar-refractivity contribution in [2.24, 2.45) is 0 Å². The molecule has 0 radical (unpaired) electrons. The van der Waals surface area contributed by atoms with Crippen LogP contribution in [0.3, 0.4) is 0 Å². The van der Waals surface area contributed by atoms with Crippen molar-refractivity contribution in [2.45, 2.75) is 51.6 Å². The Kier molecular flexibility index (Phi) is 5.27. The lowest BCUT2D eigenvalue weighted by Gasteiger charge is -2.36. The van der Waals surface area contributed by atoms with Crippen molar-refractivity contribution < 1.29 is 28.6 Å². The molecule has 2 aliphatic rings. The van der Waals surface area contributed by atoms with Crippen LogP contribution < -0.4 is 0 Å². The van der Waals surface area contributed by atoms with Gasteiger partial charge in [-0.2, -0.15) is 0 Å². The molecule has 0 saturated carbocycles. The molecule has 0 bridgehead atoms. The van der Waals surface area contributed by atoms with Crippen molar-refractivity contribution in [1.82, 2.24) is 4.90 Å². The third-order valence-corrected chi connectivity index (χ3v) is 4.53. The Balaban J connectivity index is 1.61. The Hall–Kier alpha value is -2.41. The summed E-state index contributed by atoms with van der Waals surface area (Å²) < 4.78 is 16.1. The van der Waals surface area contributed by atoms with Gasteiger partial charge in [0, 0.05) is 19.5 Å². The van der Waals surface area contributed by atoms with Crippen LogP contribution in [-0.4, -0.2) is 60.3 Å². The Morgan fingerprint density at radius 1 is 1.19 bits per heavy atom. The quantitative estimate of drug-likeness (QED) is 0.756. The van der Waals surface area contributed by atoms with Crippen LogP contribution in [-0.2, 0) is 30.2 Å². The highest BCUT2D eigenvalue weighted by atomic mass is 16.6. The molecule has 0 N–H and O–H groups in total. The molecule has 2 aliphatic heterocycles. The summed E-state index contributed by atoms with van der Waals surface area (Å²) in [5, 5.41) is 0. The van der Waals surface area contributed by atoms with E-state index in [1.54, 1.807) is 29.2 Å². The number of nitrogens with zero attached hydrogens (tertiary/aromatic N) is 1. The van der Waals surface area contributed by atoms with Gasteiger partial charge in [0.1, 0.15) is 0 Å². The smallest absolute Gasteiger partial charge is 0.348 e. The van der Waals surface area contributed by atoms with Crippen LogP contribution in [0, 0.1) is 0 Å². The zero-order chi connectivity index (χ0) is 18.8. The highest BCUT2D eigenvalue weighted by Crippen LogP contribution is 2.22. The fraction of sp³-hybridized carbons (Fsp3) is 0.526. The molecule has 1 aromatic carbocycles. The average Bonchev–Trinajstić information content (AvgIpc) is 2.60. The topological polar surface area (TPSA) is 82.1 Å². The number of morpholine rings is 1. The van der Waals surface area contributed by atoms with Gasteiger partial charge in [0.25, 0.3) is 5.91 Å². The maximum absolute atomic E-state index is 12.6.